The Hall–Kier alpha value is -1.46. The Morgan fingerprint density at radius 3 is 2.83 bits per heavy atom. The number of piperidine rings is 1. The highest BCUT2D eigenvalue weighted by atomic mass is 16.5. The number of fused-ring (bicyclic) bond motifs is 2. The molecule has 0 saturated carbocycles. The van der Waals surface area contributed by atoms with E-state index in [2.05, 4.69) is 15.2 Å². The number of aryl methyl sites for hydroxylation is 1. The van der Waals surface area contributed by atoms with Crippen LogP contribution in [0.1, 0.15) is 12.1 Å². The lowest BCUT2D eigenvalue weighted by Crippen LogP contribution is -2.58. The van der Waals surface area contributed by atoms with E-state index in [-0.39, 0.29) is 5.91 Å². The molecular formula is C13H17N3O2. The largest absolute Gasteiger partial charge is 0.372 e. The number of morpholine rings is 1. The molecule has 18 heavy (non-hydrogen) atoms. The van der Waals surface area contributed by atoms with Crippen molar-refractivity contribution < 1.29 is 9.53 Å². The van der Waals surface area contributed by atoms with Gasteiger partial charge in [-0.15, -0.1) is 0 Å². The number of carbonyl (C=O) groups is 1. The summed E-state index contributed by atoms with van der Waals surface area (Å²) in [6, 6.07) is 3.76. The zero-order valence-electron chi connectivity index (χ0n) is 10.4. The maximum atomic E-state index is 11.9. The molecule has 4 heterocycles. The number of pyridine rings is 1. The third kappa shape index (κ3) is 2.52. The van der Waals surface area contributed by atoms with Gasteiger partial charge in [0.05, 0.1) is 30.6 Å². The van der Waals surface area contributed by atoms with Crippen LogP contribution in [0, 0.1) is 6.92 Å². The smallest absolute Gasteiger partial charge is 0.238 e. The van der Waals surface area contributed by atoms with E-state index in [1.54, 1.807) is 6.20 Å². The molecule has 3 saturated heterocycles. The second-order valence-electron chi connectivity index (χ2n) is 5.05. The molecule has 5 heteroatoms. The molecule has 3 aliphatic heterocycles. The maximum absolute atomic E-state index is 11.9. The number of hydrogen-bond acceptors (Lipinski definition) is 4. The van der Waals surface area contributed by atoms with Gasteiger partial charge >= 0.3 is 0 Å². The lowest BCUT2D eigenvalue weighted by Gasteiger charge is -2.46. The van der Waals surface area contributed by atoms with Crippen molar-refractivity contribution in [2.24, 2.45) is 0 Å². The van der Waals surface area contributed by atoms with Crippen LogP contribution in [0.25, 0.3) is 0 Å². The van der Waals surface area contributed by atoms with Crippen molar-refractivity contribution >= 4 is 11.6 Å². The Morgan fingerprint density at radius 1 is 1.50 bits per heavy atom. The molecule has 2 unspecified atom stereocenters. The van der Waals surface area contributed by atoms with Crippen LogP contribution in [-0.2, 0) is 9.53 Å². The summed E-state index contributed by atoms with van der Waals surface area (Å²) in [6.45, 7) is 4.10. The third-order valence-electron chi connectivity index (χ3n) is 3.40. The van der Waals surface area contributed by atoms with Crippen molar-refractivity contribution in [2.45, 2.75) is 25.6 Å². The lowest BCUT2D eigenvalue weighted by atomic mass is 9.99. The molecule has 4 rings (SSSR count). The predicted octanol–water partition coefficient (Wildman–Crippen LogP) is 0.802. The third-order valence-corrected chi connectivity index (χ3v) is 3.40. The summed E-state index contributed by atoms with van der Waals surface area (Å²) >= 11 is 0. The first-order valence-electron chi connectivity index (χ1n) is 6.29. The molecule has 3 aliphatic rings. The van der Waals surface area contributed by atoms with Crippen LogP contribution in [0.4, 0.5) is 5.69 Å². The molecule has 2 atom stereocenters. The van der Waals surface area contributed by atoms with Gasteiger partial charge in [0.2, 0.25) is 5.91 Å². The summed E-state index contributed by atoms with van der Waals surface area (Å²) in [5, 5.41) is 2.86. The molecule has 0 radical (unpaired) electrons. The van der Waals surface area contributed by atoms with Crippen LogP contribution < -0.4 is 5.32 Å². The molecule has 1 N–H and O–H groups in total. The number of ether oxygens (including phenoxy) is 1. The van der Waals surface area contributed by atoms with Crippen molar-refractivity contribution in [1.29, 1.82) is 0 Å². The second kappa shape index (κ2) is 4.66. The first-order chi connectivity index (χ1) is 8.69. The van der Waals surface area contributed by atoms with Gasteiger partial charge in [0.1, 0.15) is 0 Å². The Morgan fingerprint density at radius 2 is 2.22 bits per heavy atom. The minimum absolute atomic E-state index is 0.0157. The van der Waals surface area contributed by atoms with Crippen molar-refractivity contribution in [3.63, 3.8) is 0 Å². The van der Waals surface area contributed by atoms with Gasteiger partial charge in [-0.05, 0) is 19.1 Å². The first kappa shape index (κ1) is 11.6. The minimum Gasteiger partial charge on any atom is -0.372 e. The van der Waals surface area contributed by atoms with E-state index < -0.39 is 0 Å². The zero-order valence-corrected chi connectivity index (χ0v) is 10.4. The highest BCUT2D eigenvalue weighted by Gasteiger charge is 2.38. The van der Waals surface area contributed by atoms with Gasteiger partial charge in [-0.1, -0.05) is 0 Å². The van der Waals surface area contributed by atoms with Crippen LogP contribution in [-0.4, -0.2) is 47.6 Å². The number of nitrogens with one attached hydrogen (secondary N) is 1. The fourth-order valence-corrected chi connectivity index (χ4v) is 2.51. The molecule has 1 aromatic heterocycles. The molecule has 96 valence electrons. The second-order valence-corrected chi connectivity index (χ2v) is 5.05. The average molecular weight is 247 g/mol. The summed E-state index contributed by atoms with van der Waals surface area (Å²) in [5.74, 6) is 0.0157. The number of nitrogens with zero attached hydrogens (tertiary/aromatic N) is 2. The fourth-order valence-electron chi connectivity index (χ4n) is 2.51. The van der Waals surface area contributed by atoms with Gasteiger partial charge in [-0.2, -0.15) is 0 Å². The number of aromatic nitrogens is 1. The molecule has 3 fully saturated rings. The van der Waals surface area contributed by atoms with E-state index >= 15 is 0 Å². The van der Waals surface area contributed by atoms with Crippen LogP contribution >= 0.6 is 0 Å². The topological polar surface area (TPSA) is 54.5 Å². The molecule has 0 aromatic carbocycles. The number of amides is 1. The first-order valence-corrected chi connectivity index (χ1v) is 6.29. The highest BCUT2D eigenvalue weighted by molar-refractivity contribution is 5.92. The Kier molecular flexibility index (Phi) is 3.01. The van der Waals surface area contributed by atoms with E-state index in [9.17, 15) is 4.79 Å². The van der Waals surface area contributed by atoms with Crippen molar-refractivity contribution in [2.75, 3.05) is 25.0 Å². The van der Waals surface area contributed by atoms with Crippen LogP contribution in [0.2, 0.25) is 0 Å². The standard InChI is InChI=1S/C13H17N3O2/c1-9-2-3-10(5-14-9)15-13(17)8-16-6-11-4-12(7-16)18-11/h2-3,5,11-12H,4,6-8H2,1H3,(H,15,17). The molecule has 5 nitrogen and oxygen atoms in total. The number of hydrogen-bond donors (Lipinski definition) is 1. The quantitative estimate of drug-likeness (QED) is 0.858. The Bertz CT molecular complexity index is 430. The monoisotopic (exact) mass is 247 g/mol. The van der Waals surface area contributed by atoms with Gasteiger partial charge in [-0.3, -0.25) is 14.7 Å². The van der Waals surface area contributed by atoms with E-state index in [4.69, 9.17) is 4.74 Å². The highest BCUT2D eigenvalue weighted by Crippen LogP contribution is 2.27. The number of anilines is 1. The van der Waals surface area contributed by atoms with Crippen LogP contribution in [0.5, 0.6) is 0 Å². The number of carbonyl (C=O) groups excluding carboxylic acids is 1. The summed E-state index contributed by atoms with van der Waals surface area (Å²) in [4.78, 5) is 18.2. The van der Waals surface area contributed by atoms with E-state index in [0.29, 0.717) is 18.8 Å². The molecule has 1 aromatic rings. The molecule has 0 aliphatic carbocycles. The minimum atomic E-state index is 0.0157. The van der Waals surface area contributed by atoms with Crippen LogP contribution in [0.15, 0.2) is 18.3 Å². The molecule has 0 spiro atoms. The summed E-state index contributed by atoms with van der Waals surface area (Å²) in [7, 11) is 0. The lowest BCUT2D eigenvalue weighted by molar-refractivity contribution is -0.181. The van der Waals surface area contributed by atoms with Gasteiger partial charge in [-0.25, -0.2) is 0 Å². The van der Waals surface area contributed by atoms with Gasteiger partial charge in [0.25, 0.3) is 0 Å². The van der Waals surface area contributed by atoms with Gasteiger partial charge in [0, 0.05) is 25.2 Å². The van der Waals surface area contributed by atoms with Crippen molar-refractivity contribution in [1.82, 2.24) is 9.88 Å². The van der Waals surface area contributed by atoms with E-state index in [1.807, 2.05) is 19.1 Å². The predicted molar refractivity (Wildman–Crippen MR) is 67.3 cm³/mol. The Labute approximate surface area is 106 Å². The van der Waals surface area contributed by atoms with Gasteiger partial charge in [0.15, 0.2) is 0 Å². The van der Waals surface area contributed by atoms with Crippen molar-refractivity contribution in [3.8, 4) is 0 Å². The summed E-state index contributed by atoms with van der Waals surface area (Å²) < 4.78 is 5.53. The van der Waals surface area contributed by atoms with Crippen molar-refractivity contribution in [3.05, 3.63) is 24.0 Å². The van der Waals surface area contributed by atoms with Crippen LogP contribution in [0.3, 0.4) is 0 Å². The van der Waals surface area contributed by atoms with E-state index in [1.165, 1.54) is 0 Å². The molecule has 2 bridgehead atoms. The number of rotatable bonds is 3. The Balaban J connectivity index is 1.51. The SMILES string of the molecule is Cc1ccc(NC(=O)CN2CC3CC(C2)O3)cn1. The molecule has 1 amide bonds. The normalized spacial score (nSPS) is 26.5. The maximum Gasteiger partial charge on any atom is 0.238 e. The van der Waals surface area contributed by atoms with Gasteiger partial charge < -0.3 is 10.1 Å². The summed E-state index contributed by atoms with van der Waals surface area (Å²) in [6.07, 6.45) is 3.53. The van der Waals surface area contributed by atoms with E-state index in [0.717, 1.165) is 30.9 Å². The fraction of sp³-hybridized carbons (Fsp3) is 0.538. The zero-order chi connectivity index (χ0) is 12.5. The average Bonchev–Trinajstić information content (AvgIpc) is 2.31. The summed E-state index contributed by atoms with van der Waals surface area (Å²) in [5.41, 5.74) is 1.70. The molecular weight excluding hydrogens is 230 g/mol.